The van der Waals surface area contributed by atoms with Crippen molar-refractivity contribution in [2.45, 2.75) is 140 Å². The molecule has 0 spiro atoms. The molecule has 61 heavy (non-hydrogen) atoms. The average molecular weight is 844 g/mol. The lowest BCUT2D eigenvalue weighted by Gasteiger charge is -2.36. The fraction of sp³-hybridized carbons (Fsp3) is 0.587. The first-order chi connectivity index (χ1) is 29.2. The molecule has 1 aliphatic carbocycles. The number of nitrogens with zero attached hydrogens (tertiary/aromatic N) is 1. The second-order valence-corrected chi connectivity index (χ2v) is 17.7. The van der Waals surface area contributed by atoms with Gasteiger partial charge in [0.25, 0.3) is 5.91 Å². The van der Waals surface area contributed by atoms with Crippen molar-refractivity contribution in [1.29, 1.82) is 0 Å². The van der Waals surface area contributed by atoms with Gasteiger partial charge in [0, 0.05) is 12.5 Å². The number of rotatable bonds is 12. The van der Waals surface area contributed by atoms with Gasteiger partial charge >= 0.3 is 5.97 Å². The molecule has 15 heteroatoms. The molecule has 0 aromatic heterocycles. The Balaban J connectivity index is 1.17. The first-order valence-electron chi connectivity index (χ1n) is 21.9. The van der Waals surface area contributed by atoms with E-state index in [1.807, 2.05) is 31.2 Å². The fourth-order valence-electron chi connectivity index (χ4n) is 9.06. The SMILES string of the molecule is CCC[C@H](NC(=O)C1[C@H]2CC3CCCOc4cccc(c4)CC(=O)N[C@@H](C4CCCCC4)C(=O)N1C[C@@H]2O3)C(=O)C(=O)NCC(=O)N[C@H](C(=O)OC(C)(C)C)c1ccccc1. The lowest BCUT2D eigenvalue weighted by molar-refractivity contribution is -0.158. The molecule has 2 aromatic carbocycles. The van der Waals surface area contributed by atoms with Crippen molar-refractivity contribution in [1.82, 2.24) is 26.2 Å². The van der Waals surface area contributed by atoms with Crippen LogP contribution in [0.5, 0.6) is 5.75 Å². The van der Waals surface area contributed by atoms with Crippen LogP contribution in [-0.4, -0.2) is 102 Å². The van der Waals surface area contributed by atoms with Crippen molar-refractivity contribution in [3.05, 3.63) is 65.7 Å². The molecular weight excluding hydrogens is 783 g/mol. The number of hydrogen-bond acceptors (Lipinski definition) is 10. The Hall–Kier alpha value is -5.31. The van der Waals surface area contributed by atoms with Gasteiger partial charge in [0.1, 0.15) is 23.4 Å². The standard InChI is InChI=1S/C46H61N5O10/c1-5-14-34(41(54)43(56)47-26-37(53)50-39(30-18-10-7-11-19-30)45(58)61-46(2,3)4)48-42(55)40-33-25-32-21-13-22-59-31-20-12-15-28(23-31)24-36(52)49-38(29-16-8-6-9-17-29)44(57)51(40)27-35(33)60-32/h7,10-12,15,18-20,23,29,32-35,38-40H,5-6,8-9,13-14,16-17,21-22,24-27H2,1-4H3,(H,47,56)(H,48,55)(H,49,52)(H,50,53)/t32?,33-,34-,35-,38-,39-,40?/m0/s1. The van der Waals surface area contributed by atoms with Crippen LogP contribution in [0.25, 0.3) is 0 Å². The zero-order valence-electron chi connectivity index (χ0n) is 35.7. The van der Waals surface area contributed by atoms with E-state index in [0.29, 0.717) is 43.6 Å². The Morgan fingerprint density at radius 1 is 0.934 bits per heavy atom. The number of amides is 5. The van der Waals surface area contributed by atoms with E-state index < -0.39 is 71.9 Å². The minimum atomic E-state index is -1.25. The third-order valence-corrected chi connectivity index (χ3v) is 11.9. The van der Waals surface area contributed by atoms with Crippen LogP contribution in [0.3, 0.4) is 0 Å². The Labute approximate surface area is 357 Å². The zero-order valence-corrected chi connectivity index (χ0v) is 35.7. The number of ketones is 1. The van der Waals surface area contributed by atoms with Gasteiger partial charge in [0.15, 0.2) is 6.04 Å². The highest BCUT2D eigenvalue weighted by molar-refractivity contribution is 6.38. The van der Waals surface area contributed by atoms with E-state index in [9.17, 15) is 33.6 Å². The minimum Gasteiger partial charge on any atom is -0.494 e. The second-order valence-electron chi connectivity index (χ2n) is 17.7. The van der Waals surface area contributed by atoms with Crippen LogP contribution in [0.15, 0.2) is 54.6 Å². The molecule has 5 aliphatic rings. The number of esters is 1. The Morgan fingerprint density at radius 3 is 2.41 bits per heavy atom. The molecule has 4 aliphatic heterocycles. The van der Waals surface area contributed by atoms with Gasteiger partial charge < -0.3 is 40.4 Å². The van der Waals surface area contributed by atoms with Gasteiger partial charge in [-0.2, -0.15) is 0 Å². The molecule has 2 saturated heterocycles. The number of hydrogen-bond donors (Lipinski definition) is 4. The van der Waals surface area contributed by atoms with Crippen LogP contribution < -0.4 is 26.0 Å². The summed E-state index contributed by atoms with van der Waals surface area (Å²) in [7, 11) is 0. The molecular formula is C46H61N5O10. The number of benzene rings is 2. The topological polar surface area (TPSA) is 199 Å². The van der Waals surface area contributed by atoms with Crippen molar-refractivity contribution in [3.8, 4) is 5.75 Å². The highest BCUT2D eigenvalue weighted by Gasteiger charge is 2.54. The number of ether oxygens (including phenoxy) is 3. The van der Waals surface area contributed by atoms with Crippen LogP contribution in [-0.2, 0) is 49.5 Å². The third kappa shape index (κ3) is 12.0. The highest BCUT2D eigenvalue weighted by Crippen LogP contribution is 2.41. The lowest BCUT2D eigenvalue weighted by Crippen LogP contribution is -2.59. The van der Waals surface area contributed by atoms with E-state index in [1.54, 1.807) is 51.1 Å². The van der Waals surface area contributed by atoms with Crippen molar-refractivity contribution >= 4 is 41.3 Å². The molecule has 0 radical (unpaired) electrons. The predicted molar refractivity (Wildman–Crippen MR) is 224 cm³/mol. The summed E-state index contributed by atoms with van der Waals surface area (Å²) in [6.45, 7) is 6.88. The maximum atomic E-state index is 14.8. The molecule has 2 aromatic rings. The summed E-state index contributed by atoms with van der Waals surface area (Å²) >= 11 is 0. The van der Waals surface area contributed by atoms with Crippen molar-refractivity contribution in [2.24, 2.45) is 11.8 Å². The van der Waals surface area contributed by atoms with E-state index in [-0.39, 0.29) is 49.1 Å². The Bertz CT molecular complexity index is 1910. The summed E-state index contributed by atoms with van der Waals surface area (Å²) in [5.74, 6) is -4.58. The van der Waals surface area contributed by atoms with E-state index in [4.69, 9.17) is 14.2 Å². The summed E-state index contributed by atoms with van der Waals surface area (Å²) in [5, 5.41) is 10.8. The van der Waals surface area contributed by atoms with Crippen LogP contribution in [0.1, 0.15) is 109 Å². The van der Waals surface area contributed by atoms with Crippen molar-refractivity contribution < 1.29 is 47.8 Å². The highest BCUT2D eigenvalue weighted by atomic mass is 16.6. The maximum absolute atomic E-state index is 14.8. The van der Waals surface area contributed by atoms with E-state index in [2.05, 4.69) is 21.3 Å². The van der Waals surface area contributed by atoms with Gasteiger partial charge in [-0.3, -0.25) is 28.8 Å². The van der Waals surface area contributed by atoms with E-state index >= 15 is 0 Å². The fourth-order valence-corrected chi connectivity index (χ4v) is 9.06. The van der Waals surface area contributed by atoms with Gasteiger partial charge in [0.05, 0.1) is 37.8 Å². The zero-order chi connectivity index (χ0) is 43.7. The predicted octanol–water partition coefficient (Wildman–Crippen LogP) is 3.62. The van der Waals surface area contributed by atoms with Crippen LogP contribution in [0.2, 0.25) is 0 Å². The van der Waals surface area contributed by atoms with Crippen LogP contribution >= 0.6 is 0 Å². The molecule has 1 saturated carbocycles. The van der Waals surface area contributed by atoms with Gasteiger partial charge in [-0.1, -0.05) is 75.1 Å². The van der Waals surface area contributed by atoms with Crippen molar-refractivity contribution in [3.63, 3.8) is 0 Å². The summed E-state index contributed by atoms with van der Waals surface area (Å²) < 4.78 is 18.0. The molecule has 7 atom stereocenters. The maximum Gasteiger partial charge on any atom is 0.333 e. The number of carbonyl (C=O) groups is 7. The average Bonchev–Trinajstić information content (AvgIpc) is 3.79. The molecule has 330 valence electrons. The smallest absolute Gasteiger partial charge is 0.333 e. The van der Waals surface area contributed by atoms with Gasteiger partial charge in [-0.15, -0.1) is 0 Å². The molecule has 4 N–H and O–H groups in total. The monoisotopic (exact) mass is 843 g/mol. The number of carbonyl (C=O) groups excluding carboxylic acids is 7. The van der Waals surface area contributed by atoms with E-state index in [0.717, 1.165) is 37.7 Å². The van der Waals surface area contributed by atoms with Crippen LogP contribution in [0.4, 0.5) is 0 Å². The molecule has 6 bridgehead atoms. The number of nitrogens with one attached hydrogen (secondary N) is 4. The minimum absolute atomic E-state index is 0.0515. The first-order valence-corrected chi connectivity index (χ1v) is 21.9. The van der Waals surface area contributed by atoms with E-state index in [1.165, 1.54) is 4.90 Å². The summed E-state index contributed by atoms with van der Waals surface area (Å²) in [4.78, 5) is 97.7. The van der Waals surface area contributed by atoms with Crippen molar-refractivity contribution in [2.75, 3.05) is 19.7 Å². The van der Waals surface area contributed by atoms with Gasteiger partial charge in [-0.25, -0.2) is 4.79 Å². The summed E-state index contributed by atoms with van der Waals surface area (Å²) in [6.07, 6.45) is 6.24. The molecule has 4 heterocycles. The van der Waals surface area contributed by atoms with Gasteiger partial charge in [-0.05, 0) is 88.5 Å². The third-order valence-electron chi connectivity index (χ3n) is 11.9. The molecule has 2 unspecified atom stereocenters. The largest absolute Gasteiger partial charge is 0.494 e. The lowest BCUT2D eigenvalue weighted by atomic mass is 9.83. The Kier molecular flexibility index (Phi) is 15.2. The molecule has 15 nitrogen and oxygen atoms in total. The Morgan fingerprint density at radius 2 is 1.69 bits per heavy atom. The molecule has 3 fully saturated rings. The summed E-state index contributed by atoms with van der Waals surface area (Å²) in [5.41, 5.74) is 0.401. The molecule has 5 amide bonds. The number of fused-ring (bicyclic) bond motifs is 7. The molecule has 7 rings (SSSR count). The van der Waals surface area contributed by atoms with Crippen LogP contribution in [0, 0.1) is 11.8 Å². The quantitative estimate of drug-likeness (QED) is 0.181. The second kappa shape index (κ2) is 20.5. The van der Waals surface area contributed by atoms with Gasteiger partial charge in [0.2, 0.25) is 29.4 Å². The normalized spacial score (nSPS) is 24.4. The first kappa shape index (κ1) is 45.2. The number of Topliss-reactive ketones (excluding diaryl/α,β-unsaturated/α-hetero) is 1. The summed E-state index contributed by atoms with van der Waals surface area (Å²) in [6, 6.07) is 11.6.